The first-order valence-electron chi connectivity index (χ1n) is 6.88. The van der Waals surface area contributed by atoms with E-state index < -0.39 is 23.8 Å². The predicted octanol–water partition coefficient (Wildman–Crippen LogP) is 1.40. The van der Waals surface area contributed by atoms with Crippen molar-refractivity contribution in [1.29, 1.82) is 0 Å². The summed E-state index contributed by atoms with van der Waals surface area (Å²) in [6.07, 6.45) is 1.22. The van der Waals surface area contributed by atoms with Crippen molar-refractivity contribution in [2.75, 3.05) is 11.9 Å². The molecule has 2 N–H and O–H groups in total. The zero-order valence-electron chi connectivity index (χ0n) is 11.8. The van der Waals surface area contributed by atoms with Crippen LogP contribution in [0, 0.1) is 6.92 Å². The van der Waals surface area contributed by atoms with Crippen LogP contribution in [0.3, 0.4) is 0 Å². The van der Waals surface area contributed by atoms with Crippen LogP contribution in [-0.4, -0.2) is 40.4 Å². The Morgan fingerprint density at radius 1 is 1.29 bits per heavy atom. The first-order valence-corrected chi connectivity index (χ1v) is 6.88. The molecule has 2 amide bonds. The molecule has 112 valence electrons. The van der Waals surface area contributed by atoms with Gasteiger partial charge in [-0.15, -0.1) is 0 Å². The fraction of sp³-hybridized carbons (Fsp3) is 0.400. The highest BCUT2D eigenvalue weighted by molar-refractivity contribution is 6.39. The number of carbonyl (C=O) groups excluding carboxylic acids is 2. The van der Waals surface area contributed by atoms with Crippen LogP contribution in [-0.2, 0) is 14.4 Å². The lowest BCUT2D eigenvalue weighted by Crippen LogP contribution is -2.43. The van der Waals surface area contributed by atoms with Gasteiger partial charge in [-0.3, -0.25) is 14.4 Å². The van der Waals surface area contributed by atoms with Crippen LogP contribution in [0.1, 0.15) is 24.8 Å². The Hall–Kier alpha value is -2.37. The largest absolute Gasteiger partial charge is 0.481 e. The van der Waals surface area contributed by atoms with E-state index in [9.17, 15) is 14.4 Å². The molecule has 0 aliphatic carbocycles. The Labute approximate surface area is 122 Å². The minimum Gasteiger partial charge on any atom is -0.481 e. The van der Waals surface area contributed by atoms with Crippen molar-refractivity contribution < 1.29 is 19.5 Å². The SMILES string of the molecule is Cc1ccc(NC(=O)C(=O)N2CCCC2CC(=O)O)cc1. The number of anilines is 1. The molecule has 0 saturated carbocycles. The third kappa shape index (κ3) is 3.81. The lowest BCUT2D eigenvalue weighted by molar-refractivity contribution is -0.145. The van der Waals surface area contributed by atoms with Gasteiger partial charge in [0.25, 0.3) is 0 Å². The first kappa shape index (κ1) is 15.0. The molecule has 1 fully saturated rings. The maximum atomic E-state index is 12.1. The fourth-order valence-electron chi connectivity index (χ4n) is 2.47. The normalized spacial score (nSPS) is 17.6. The van der Waals surface area contributed by atoms with E-state index in [1.54, 1.807) is 12.1 Å². The highest BCUT2D eigenvalue weighted by Crippen LogP contribution is 2.20. The Kier molecular flexibility index (Phi) is 4.57. The molecule has 21 heavy (non-hydrogen) atoms. The second-order valence-electron chi connectivity index (χ2n) is 5.21. The number of carbonyl (C=O) groups is 3. The number of likely N-dealkylation sites (tertiary alicyclic amines) is 1. The molecule has 1 atom stereocenters. The molecule has 2 rings (SSSR count). The Bertz CT molecular complexity index is 553. The number of benzene rings is 1. The van der Waals surface area contributed by atoms with Crippen LogP contribution in [0.15, 0.2) is 24.3 Å². The zero-order chi connectivity index (χ0) is 15.4. The van der Waals surface area contributed by atoms with Crippen LogP contribution >= 0.6 is 0 Å². The summed E-state index contributed by atoms with van der Waals surface area (Å²) < 4.78 is 0. The average Bonchev–Trinajstić information content (AvgIpc) is 2.87. The Balaban J connectivity index is 1.99. The van der Waals surface area contributed by atoms with Crippen LogP contribution in [0.4, 0.5) is 5.69 Å². The van der Waals surface area contributed by atoms with E-state index in [0.717, 1.165) is 12.0 Å². The minimum absolute atomic E-state index is 0.121. The first-order chi connectivity index (χ1) is 9.97. The van der Waals surface area contributed by atoms with Gasteiger partial charge in [-0.25, -0.2) is 0 Å². The van der Waals surface area contributed by atoms with Crippen molar-refractivity contribution in [3.63, 3.8) is 0 Å². The number of aliphatic carboxylic acids is 1. The summed E-state index contributed by atoms with van der Waals surface area (Å²) in [5, 5.41) is 11.4. The molecule has 1 aliphatic rings. The zero-order valence-corrected chi connectivity index (χ0v) is 11.8. The second kappa shape index (κ2) is 6.39. The van der Waals surface area contributed by atoms with Gasteiger partial charge in [0.05, 0.1) is 6.42 Å². The van der Waals surface area contributed by atoms with Crippen molar-refractivity contribution in [2.24, 2.45) is 0 Å². The standard InChI is InChI=1S/C15H18N2O4/c1-10-4-6-11(7-5-10)16-14(20)15(21)17-8-2-3-12(17)9-13(18)19/h4-7,12H,2-3,8-9H2,1H3,(H,16,20)(H,18,19). The quantitative estimate of drug-likeness (QED) is 0.824. The van der Waals surface area contributed by atoms with E-state index in [0.29, 0.717) is 18.7 Å². The second-order valence-corrected chi connectivity index (χ2v) is 5.21. The molecule has 6 heteroatoms. The van der Waals surface area contributed by atoms with Crippen LogP contribution in [0.25, 0.3) is 0 Å². The van der Waals surface area contributed by atoms with Gasteiger partial charge in [0.15, 0.2) is 0 Å². The van der Waals surface area contributed by atoms with Gasteiger partial charge >= 0.3 is 17.8 Å². The Morgan fingerprint density at radius 2 is 1.95 bits per heavy atom. The number of aryl methyl sites for hydroxylation is 1. The Morgan fingerprint density at radius 3 is 2.57 bits per heavy atom. The molecular weight excluding hydrogens is 272 g/mol. The number of hydrogen-bond donors (Lipinski definition) is 2. The van der Waals surface area contributed by atoms with Crippen molar-refractivity contribution in [3.8, 4) is 0 Å². The predicted molar refractivity (Wildman–Crippen MR) is 76.8 cm³/mol. The molecule has 1 aromatic rings. The summed E-state index contributed by atoms with van der Waals surface area (Å²) >= 11 is 0. The number of nitrogens with zero attached hydrogens (tertiary/aromatic N) is 1. The molecule has 0 aromatic heterocycles. The highest BCUT2D eigenvalue weighted by atomic mass is 16.4. The molecule has 1 aliphatic heterocycles. The van der Waals surface area contributed by atoms with Crippen molar-refractivity contribution in [1.82, 2.24) is 4.90 Å². The maximum absolute atomic E-state index is 12.1. The number of hydrogen-bond acceptors (Lipinski definition) is 3. The topological polar surface area (TPSA) is 86.7 Å². The summed E-state index contributed by atoms with van der Waals surface area (Å²) in [5.74, 6) is -2.35. The number of amides is 2. The van der Waals surface area contributed by atoms with Gasteiger partial charge in [0, 0.05) is 18.3 Å². The van der Waals surface area contributed by atoms with E-state index >= 15 is 0 Å². The lowest BCUT2D eigenvalue weighted by atomic mass is 10.1. The minimum atomic E-state index is -0.960. The third-order valence-corrected chi connectivity index (χ3v) is 3.55. The van der Waals surface area contributed by atoms with E-state index in [1.165, 1.54) is 4.90 Å². The molecular formula is C15H18N2O4. The van der Waals surface area contributed by atoms with E-state index in [4.69, 9.17) is 5.11 Å². The fourth-order valence-corrected chi connectivity index (χ4v) is 2.47. The molecule has 1 aromatic carbocycles. The maximum Gasteiger partial charge on any atom is 0.313 e. The summed E-state index contributed by atoms with van der Waals surface area (Å²) in [4.78, 5) is 36.2. The molecule has 0 radical (unpaired) electrons. The third-order valence-electron chi connectivity index (χ3n) is 3.55. The van der Waals surface area contributed by atoms with Gasteiger partial charge in [0.1, 0.15) is 0 Å². The van der Waals surface area contributed by atoms with Gasteiger partial charge in [0.2, 0.25) is 0 Å². The monoisotopic (exact) mass is 290 g/mol. The van der Waals surface area contributed by atoms with Gasteiger partial charge < -0.3 is 15.3 Å². The number of carboxylic acid groups (broad SMARTS) is 1. The molecule has 1 saturated heterocycles. The summed E-state index contributed by atoms with van der Waals surface area (Å²) in [6, 6.07) is 6.73. The molecule has 1 heterocycles. The number of rotatable bonds is 3. The summed E-state index contributed by atoms with van der Waals surface area (Å²) in [6.45, 7) is 2.36. The summed E-state index contributed by atoms with van der Waals surface area (Å²) in [5.41, 5.74) is 1.60. The van der Waals surface area contributed by atoms with Gasteiger partial charge in [-0.1, -0.05) is 17.7 Å². The molecule has 1 unspecified atom stereocenters. The molecule has 0 spiro atoms. The lowest BCUT2D eigenvalue weighted by Gasteiger charge is -2.22. The average molecular weight is 290 g/mol. The van der Waals surface area contributed by atoms with Crippen molar-refractivity contribution in [3.05, 3.63) is 29.8 Å². The molecule has 6 nitrogen and oxygen atoms in total. The summed E-state index contributed by atoms with van der Waals surface area (Å²) in [7, 11) is 0. The van der Waals surface area contributed by atoms with Crippen molar-refractivity contribution >= 4 is 23.5 Å². The highest BCUT2D eigenvalue weighted by Gasteiger charge is 2.33. The van der Waals surface area contributed by atoms with Gasteiger partial charge in [-0.05, 0) is 31.9 Å². The molecule has 0 bridgehead atoms. The van der Waals surface area contributed by atoms with Crippen molar-refractivity contribution in [2.45, 2.75) is 32.2 Å². The number of nitrogens with one attached hydrogen (secondary N) is 1. The van der Waals surface area contributed by atoms with Crippen LogP contribution in [0.2, 0.25) is 0 Å². The van der Waals surface area contributed by atoms with Crippen LogP contribution in [0.5, 0.6) is 0 Å². The smallest absolute Gasteiger partial charge is 0.313 e. The van der Waals surface area contributed by atoms with E-state index in [1.807, 2.05) is 19.1 Å². The van der Waals surface area contributed by atoms with E-state index in [-0.39, 0.29) is 6.42 Å². The number of carboxylic acids is 1. The van der Waals surface area contributed by atoms with E-state index in [2.05, 4.69) is 5.32 Å². The van der Waals surface area contributed by atoms with Gasteiger partial charge in [-0.2, -0.15) is 0 Å². The van der Waals surface area contributed by atoms with Crippen LogP contribution < -0.4 is 5.32 Å².